The molecule has 0 aliphatic carbocycles. The first-order valence-electron chi connectivity index (χ1n) is 11.5. The number of azide groups is 1. The van der Waals surface area contributed by atoms with Gasteiger partial charge in [-0.15, -0.1) is 0 Å². The maximum Gasteiger partial charge on any atom is 0.163 e. The van der Waals surface area contributed by atoms with Crippen LogP contribution in [0.15, 0.2) is 48.0 Å². The van der Waals surface area contributed by atoms with Gasteiger partial charge in [0.2, 0.25) is 0 Å². The molecule has 0 spiro atoms. The van der Waals surface area contributed by atoms with Gasteiger partial charge in [-0.1, -0.05) is 30.3 Å². The number of benzene rings is 1. The van der Waals surface area contributed by atoms with E-state index in [-0.39, 0.29) is 18.7 Å². The molecule has 1 fully saturated rings. The van der Waals surface area contributed by atoms with Crippen LogP contribution in [0.4, 0.5) is 5.82 Å². The van der Waals surface area contributed by atoms with Gasteiger partial charge in [-0.2, -0.15) is 11.8 Å². The second kappa shape index (κ2) is 11.9. The summed E-state index contributed by atoms with van der Waals surface area (Å²) < 4.78 is 19.7. The minimum absolute atomic E-state index is 0.0524. The quantitative estimate of drug-likeness (QED) is 0.217. The molecule has 0 saturated carbocycles. The van der Waals surface area contributed by atoms with E-state index in [1.807, 2.05) is 54.9 Å². The Kier molecular flexibility index (Phi) is 8.61. The summed E-state index contributed by atoms with van der Waals surface area (Å²) in [7, 11) is 0. The van der Waals surface area contributed by atoms with E-state index >= 15 is 0 Å². The van der Waals surface area contributed by atoms with Crippen LogP contribution in [0.2, 0.25) is 0 Å². The van der Waals surface area contributed by atoms with Gasteiger partial charge in [0.1, 0.15) is 13.1 Å². The maximum absolute atomic E-state index is 9.02. The second-order valence-electron chi connectivity index (χ2n) is 8.88. The van der Waals surface area contributed by atoms with Crippen LogP contribution in [0.25, 0.3) is 21.5 Å². The maximum atomic E-state index is 9.02. The molecule has 1 aliphatic rings. The Balaban J connectivity index is 1.47. The number of fused-ring (bicyclic) bond motifs is 1. The fourth-order valence-corrected chi connectivity index (χ4v) is 4.98. The molecule has 35 heavy (non-hydrogen) atoms. The molecule has 3 aromatic rings. The standard InChI is InChI=1S/C24H31N7O3S/c1-24(2)33-13-20(34-24)19(14-35-3)10-26-9-18-11-31(16-32-12-17-7-5-4-6-8-17)22-21(18)27-15-28-23(22)29-30-25/h4-8,11,15,19-20,26H,9-10,12-14,16H2,1-3H3. The van der Waals surface area contributed by atoms with Crippen molar-refractivity contribution in [2.45, 2.75) is 45.6 Å². The van der Waals surface area contributed by atoms with Crippen LogP contribution in [0.3, 0.4) is 0 Å². The summed E-state index contributed by atoms with van der Waals surface area (Å²) in [6.45, 7) is 6.62. The van der Waals surface area contributed by atoms with Crippen molar-refractivity contribution in [3.05, 3.63) is 64.4 Å². The number of thioether (sulfide) groups is 1. The number of nitrogens with one attached hydrogen (secondary N) is 1. The lowest BCUT2D eigenvalue weighted by molar-refractivity contribution is -0.143. The lowest BCUT2D eigenvalue weighted by Gasteiger charge is -2.24. The minimum atomic E-state index is -0.539. The Hall–Kier alpha value is -2.66. The molecule has 11 heteroatoms. The molecule has 1 aromatic carbocycles. The molecule has 3 heterocycles. The third-order valence-corrected chi connectivity index (χ3v) is 6.61. The molecule has 0 bridgehead atoms. The topological polar surface area (TPSA) is 119 Å². The molecule has 1 saturated heterocycles. The number of rotatable bonds is 12. The van der Waals surface area contributed by atoms with Gasteiger partial charge in [0.05, 0.1) is 30.4 Å². The van der Waals surface area contributed by atoms with E-state index in [1.165, 1.54) is 6.33 Å². The average Bonchev–Trinajstić information content (AvgIpc) is 3.39. The van der Waals surface area contributed by atoms with Gasteiger partial charge in [-0.25, -0.2) is 9.97 Å². The van der Waals surface area contributed by atoms with Crippen molar-refractivity contribution in [3.63, 3.8) is 0 Å². The predicted octanol–water partition coefficient (Wildman–Crippen LogP) is 4.77. The van der Waals surface area contributed by atoms with Crippen molar-refractivity contribution in [3.8, 4) is 0 Å². The van der Waals surface area contributed by atoms with Gasteiger partial charge >= 0.3 is 0 Å². The summed E-state index contributed by atoms with van der Waals surface area (Å²) in [5, 5.41) is 7.34. The summed E-state index contributed by atoms with van der Waals surface area (Å²) in [5.41, 5.74) is 12.5. The monoisotopic (exact) mass is 497 g/mol. The van der Waals surface area contributed by atoms with Crippen LogP contribution in [-0.2, 0) is 34.1 Å². The zero-order valence-corrected chi connectivity index (χ0v) is 21.1. The van der Waals surface area contributed by atoms with Crippen LogP contribution >= 0.6 is 11.8 Å². The zero-order valence-electron chi connectivity index (χ0n) is 20.3. The Morgan fingerprint density at radius 3 is 2.89 bits per heavy atom. The van der Waals surface area contributed by atoms with Crippen molar-refractivity contribution >= 4 is 28.6 Å². The normalized spacial score (nSPS) is 18.0. The van der Waals surface area contributed by atoms with Crippen LogP contribution in [0.1, 0.15) is 25.0 Å². The molecule has 1 aliphatic heterocycles. The van der Waals surface area contributed by atoms with Gasteiger partial charge in [0.15, 0.2) is 11.6 Å². The molecule has 4 rings (SSSR count). The Labute approximate surface area is 209 Å². The largest absolute Gasteiger partial charge is 0.356 e. The molecule has 186 valence electrons. The second-order valence-corrected chi connectivity index (χ2v) is 9.80. The van der Waals surface area contributed by atoms with E-state index < -0.39 is 5.79 Å². The number of ether oxygens (including phenoxy) is 3. The highest BCUT2D eigenvalue weighted by atomic mass is 32.2. The van der Waals surface area contributed by atoms with Crippen molar-refractivity contribution in [2.75, 3.05) is 25.2 Å². The van der Waals surface area contributed by atoms with E-state index in [0.717, 1.165) is 28.9 Å². The van der Waals surface area contributed by atoms with Gasteiger partial charge in [0.25, 0.3) is 0 Å². The molecule has 2 aromatic heterocycles. The molecular weight excluding hydrogens is 466 g/mol. The van der Waals surface area contributed by atoms with E-state index in [1.54, 1.807) is 11.8 Å². The molecule has 1 N–H and O–H groups in total. The first-order chi connectivity index (χ1) is 17.0. The van der Waals surface area contributed by atoms with Crippen molar-refractivity contribution in [2.24, 2.45) is 11.0 Å². The lowest BCUT2D eigenvalue weighted by Crippen LogP contribution is -2.35. The molecule has 0 radical (unpaired) electrons. The summed E-state index contributed by atoms with van der Waals surface area (Å²) in [6, 6.07) is 9.97. The lowest BCUT2D eigenvalue weighted by atomic mass is 10.1. The van der Waals surface area contributed by atoms with Crippen molar-refractivity contribution in [1.82, 2.24) is 19.9 Å². The SMILES string of the molecule is CSCC(CNCc1cn(COCc2ccccc2)c2c(N=[N+]=[N-])ncnc12)C1COC(C)(C)O1. The summed E-state index contributed by atoms with van der Waals surface area (Å²) in [5.74, 6) is 1.02. The number of aromatic nitrogens is 3. The zero-order chi connectivity index (χ0) is 24.7. The van der Waals surface area contributed by atoms with Crippen molar-refractivity contribution < 1.29 is 14.2 Å². The van der Waals surface area contributed by atoms with Gasteiger partial charge in [-0.05, 0) is 42.1 Å². The van der Waals surface area contributed by atoms with E-state index in [9.17, 15) is 0 Å². The van der Waals surface area contributed by atoms with Crippen LogP contribution in [0.5, 0.6) is 0 Å². The molecule has 10 nitrogen and oxygen atoms in total. The van der Waals surface area contributed by atoms with Crippen LogP contribution in [0, 0.1) is 5.92 Å². The minimum Gasteiger partial charge on any atom is -0.356 e. The molecular formula is C24H31N7O3S. The van der Waals surface area contributed by atoms with E-state index in [4.69, 9.17) is 19.7 Å². The molecule has 0 amide bonds. The van der Waals surface area contributed by atoms with Crippen LogP contribution in [-0.4, -0.2) is 51.6 Å². The fourth-order valence-electron chi connectivity index (χ4n) is 4.22. The Morgan fingerprint density at radius 2 is 2.17 bits per heavy atom. The van der Waals surface area contributed by atoms with Gasteiger partial charge in [0, 0.05) is 35.7 Å². The molecule has 2 atom stereocenters. The number of hydrogen-bond acceptors (Lipinski definition) is 8. The highest BCUT2D eigenvalue weighted by molar-refractivity contribution is 7.98. The number of nitrogens with zero attached hydrogens (tertiary/aromatic N) is 6. The van der Waals surface area contributed by atoms with Crippen LogP contribution < -0.4 is 5.32 Å². The summed E-state index contributed by atoms with van der Waals surface area (Å²) in [4.78, 5) is 11.6. The highest BCUT2D eigenvalue weighted by Gasteiger charge is 2.37. The fraction of sp³-hybridized carbons (Fsp3) is 0.500. The van der Waals surface area contributed by atoms with Gasteiger partial charge in [-0.3, -0.25) is 0 Å². The molecule has 2 unspecified atom stereocenters. The van der Waals surface area contributed by atoms with Crippen molar-refractivity contribution in [1.29, 1.82) is 0 Å². The summed E-state index contributed by atoms with van der Waals surface area (Å²) >= 11 is 1.80. The predicted molar refractivity (Wildman–Crippen MR) is 136 cm³/mol. The third-order valence-electron chi connectivity index (χ3n) is 5.85. The first kappa shape index (κ1) is 25.4. The van der Waals surface area contributed by atoms with E-state index in [0.29, 0.717) is 31.2 Å². The third kappa shape index (κ3) is 6.52. The number of hydrogen-bond donors (Lipinski definition) is 1. The van der Waals surface area contributed by atoms with E-state index in [2.05, 4.69) is 31.6 Å². The summed E-state index contributed by atoms with van der Waals surface area (Å²) in [6.07, 6.45) is 5.56. The Morgan fingerprint density at radius 1 is 1.34 bits per heavy atom. The average molecular weight is 498 g/mol. The first-order valence-corrected chi connectivity index (χ1v) is 12.9. The Bertz CT molecular complexity index is 1160. The smallest absolute Gasteiger partial charge is 0.163 e. The highest BCUT2D eigenvalue weighted by Crippen LogP contribution is 2.29. The van der Waals surface area contributed by atoms with Gasteiger partial charge < -0.3 is 24.1 Å².